The molecule has 0 bridgehead atoms. The Kier molecular flexibility index (Phi) is 6.48. The van der Waals surface area contributed by atoms with Gasteiger partial charge < -0.3 is 10.1 Å². The van der Waals surface area contributed by atoms with Crippen molar-refractivity contribution in [2.75, 3.05) is 31.6 Å². The number of amides is 1. The molecular weight excluding hydrogens is 380 g/mol. The van der Waals surface area contributed by atoms with Crippen LogP contribution in [0.15, 0.2) is 59.1 Å². The normalized spacial score (nSPS) is 15.7. The van der Waals surface area contributed by atoms with Crippen LogP contribution in [0.3, 0.4) is 0 Å². The zero-order valence-corrected chi connectivity index (χ0v) is 15.7. The molecule has 1 aliphatic heterocycles. The Morgan fingerprint density at radius 3 is 2.44 bits per heavy atom. The van der Waals surface area contributed by atoms with Crippen molar-refractivity contribution < 1.29 is 9.53 Å². The molecule has 132 valence electrons. The van der Waals surface area contributed by atoms with Gasteiger partial charge in [0.25, 0.3) is 0 Å². The lowest BCUT2D eigenvalue weighted by Gasteiger charge is -2.31. The molecule has 1 amide bonds. The van der Waals surface area contributed by atoms with Crippen LogP contribution in [0.5, 0.6) is 5.75 Å². The van der Waals surface area contributed by atoms with E-state index in [0.29, 0.717) is 6.61 Å². The summed E-state index contributed by atoms with van der Waals surface area (Å²) in [5.41, 5.74) is 0.873. The van der Waals surface area contributed by atoms with Gasteiger partial charge in [-0.05, 0) is 62.3 Å². The molecule has 1 saturated heterocycles. The highest BCUT2D eigenvalue weighted by atomic mass is 79.9. The van der Waals surface area contributed by atoms with Crippen LogP contribution in [-0.4, -0.2) is 37.0 Å². The Bertz CT molecular complexity index is 668. The van der Waals surface area contributed by atoms with Crippen LogP contribution in [-0.2, 0) is 4.79 Å². The van der Waals surface area contributed by atoms with Gasteiger partial charge in [-0.15, -0.1) is 0 Å². The predicted octanol–water partition coefficient (Wildman–Crippen LogP) is 4.18. The zero-order valence-electron chi connectivity index (χ0n) is 14.2. The van der Waals surface area contributed by atoms with Crippen LogP contribution in [0.25, 0.3) is 0 Å². The van der Waals surface area contributed by atoms with Crippen molar-refractivity contribution in [3.8, 4) is 5.75 Å². The fraction of sp³-hybridized carbons (Fsp3) is 0.350. The third kappa shape index (κ3) is 5.58. The molecule has 4 nitrogen and oxygen atoms in total. The molecule has 2 aromatic carbocycles. The first-order valence-corrected chi connectivity index (χ1v) is 9.46. The minimum atomic E-state index is 0.101. The van der Waals surface area contributed by atoms with Gasteiger partial charge in [0.2, 0.25) is 5.91 Å². The second kappa shape index (κ2) is 9.02. The summed E-state index contributed by atoms with van der Waals surface area (Å²) in [5, 5.41) is 3.01. The highest BCUT2D eigenvalue weighted by molar-refractivity contribution is 9.10. The van der Waals surface area contributed by atoms with E-state index in [1.165, 1.54) is 0 Å². The number of anilines is 1. The minimum absolute atomic E-state index is 0.101. The van der Waals surface area contributed by atoms with E-state index >= 15 is 0 Å². The molecule has 1 heterocycles. The molecule has 3 rings (SSSR count). The van der Waals surface area contributed by atoms with E-state index in [4.69, 9.17) is 4.74 Å². The van der Waals surface area contributed by atoms with E-state index in [9.17, 15) is 4.79 Å². The van der Waals surface area contributed by atoms with Gasteiger partial charge in [-0.3, -0.25) is 9.69 Å². The number of piperidine rings is 1. The van der Waals surface area contributed by atoms with Crippen molar-refractivity contribution in [3.63, 3.8) is 0 Å². The monoisotopic (exact) mass is 402 g/mol. The number of carbonyl (C=O) groups excluding carboxylic acids is 1. The SMILES string of the molecule is O=C(Nc1ccccc1)C1CCN(CCOc2ccc(Br)cc2)CC1. The van der Waals surface area contributed by atoms with Gasteiger partial charge in [-0.2, -0.15) is 0 Å². The number of hydrogen-bond acceptors (Lipinski definition) is 3. The molecule has 2 aromatic rings. The van der Waals surface area contributed by atoms with Crippen molar-refractivity contribution in [3.05, 3.63) is 59.1 Å². The molecule has 25 heavy (non-hydrogen) atoms. The number of halogens is 1. The maximum Gasteiger partial charge on any atom is 0.227 e. The first kappa shape index (κ1) is 18.0. The van der Waals surface area contributed by atoms with Crippen LogP contribution in [0.4, 0.5) is 5.69 Å². The number of rotatable bonds is 6. The Morgan fingerprint density at radius 1 is 1.08 bits per heavy atom. The number of nitrogens with zero attached hydrogens (tertiary/aromatic N) is 1. The lowest BCUT2D eigenvalue weighted by Crippen LogP contribution is -2.39. The molecule has 0 aromatic heterocycles. The molecule has 0 aliphatic carbocycles. The van der Waals surface area contributed by atoms with E-state index < -0.39 is 0 Å². The summed E-state index contributed by atoms with van der Waals surface area (Å²) in [5.74, 6) is 1.13. The van der Waals surface area contributed by atoms with Gasteiger partial charge in [-0.1, -0.05) is 34.1 Å². The van der Waals surface area contributed by atoms with Gasteiger partial charge in [0.05, 0.1) is 0 Å². The number of ether oxygens (including phenoxy) is 1. The highest BCUT2D eigenvalue weighted by Gasteiger charge is 2.24. The average molecular weight is 403 g/mol. The molecule has 0 saturated carbocycles. The molecule has 1 aliphatic rings. The van der Waals surface area contributed by atoms with Gasteiger partial charge >= 0.3 is 0 Å². The van der Waals surface area contributed by atoms with Gasteiger partial charge in [0.1, 0.15) is 12.4 Å². The number of benzene rings is 2. The van der Waals surface area contributed by atoms with E-state index in [1.54, 1.807) is 0 Å². The number of hydrogen-bond donors (Lipinski definition) is 1. The lowest BCUT2D eigenvalue weighted by molar-refractivity contribution is -0.121. The number of carbonyl (C=O) groups is 1. The maximum atomic E-state index is 12.3. The summed E-state index contributed by atoms with van der Waals surface area (Å²) in [4.78, 5) is 14.7. The van der Waals surface area contributed by atoms with E-state index in [-0.39, 0.29) is 11.8 Å². The first-order valence-electron chi connectivity index (χ1n) is 8.67. The summed E-state index contributed by atoms with van der Waals surface area (Å²) < 4.78 is 6.83. The number of nitrogens with one attached hydrogen (secondary N) is 1. The van der Waals surface area contributed by atoms with E-state index in [1.807, 2.05) is 54.6 Å². The molecule has 0 unspecified atom stereocenters. The summed E-state index contributed by atoms with van der Waals surface area (Å²) in [6.07, 6.45) is 1.80. The third-order valence-electron chi connectivity index (χ3n) is 4.49. The molecule has 1 N–H and O–H groups in total. The quantitative estimate of drug-likeness (QED) is 0.787. The summed E-state index contributed by atoms with van der Waals surface area (Å²) in [6.45, 7) is 3.44. The number of para-hydroxylation sites is 1. The fourth-order valence-corrected chi connectivity index (χ4v) is 3.27. The van der Waals surface area contributed by atoms with Crippen molar-refractivity contribution in [2.45, 2.75) is 12.8 Å². The fourth-order valence-electron chi connectivity index (χ4n) is 3.01. The maximum absolute atomic E-state index is 12.3. The average Bonchev–Trinajstić information content (AvgIpc) is 2.65. The van der Waals surface area contributed by atoms with Gasteiger partial charge in [0.15, 0.2) is 0 Å². The standard InChI is InChI=1S/C20H23BrN2O2/c21-17-6-8-19(9-7-17)25-15-14-23-12-10-16(11-13-23)20(24)22-18-4-2-1-3-5-18/h1-9,16H,10-15H2,(H,22,24). The third-order valence-corrected chi connectivity index (χ3v) is 5.02. The van der Waals surface area contributed by atoms with Crippen molar-refractivity contribution >= 4 is 27.5 Å². The van der Waals surface area contributed by atoms with Crippen LogP contribution in [0.1, 0.15) is 12.8 Å². The van der Waals surface area contributed by atoms with E-state index in [0.717, 1.165) is 48.4 Å². The second-order valence-electron chi connectivity index (χ2n) is 6.27. The molecule has 1 fully saturated rings. The molecule has 0 radical (unpaired) electrons. The molecule has 0 atom stereocenters. The summed E-state index contributed by atoms with van der Waals surface area (Å²) in [6, 6.07) is 17.5. The summed E-state index contributed by atoms with van der Waals surface area (Å²) >= 11 is 3.42. The van der Waals surface area contributed by atoms with Crippen LogP contribution < -0.4 is 10.1 Å². The topological polar surface area (TPSA) is 41.6 Å². The van der Waals surface area contributed by atoms with Crippen molar-refractivity contribution in [1.82, 2.24) is 4.90 Å². The Labute approximate surface area is 157 Å². The number of likely N-dealkylation sites (tertiary alicyclic amines) is 1. The molecule has 5 heteroatoms. The minimum Gasteiger partial charge on any atom is -0.492 e. The lowest BCUT2D eigenvalue weighted by atomic mass is 9.96. The molecule has 0 spiro atoms. The smallest absolute Gasteiger partial charge is 0.227 e. The zero-order chi connectivity index (χ0) is 17.5. The largest absolute Gasteiger partial charge is 0.492 e. The van der Waals surface area contributed by atoms with Crippen molar-refractivity contribution in [1.29, 1.82) is 0 Å². The summed E-state index contributed by atoms with van der Waals surface area (Å²) in [7, 11) is 0. The Balaban J connectivity index is 1.37. The van der Waals surface area contributed by atoms with Crippen LogP contribution in [0.2, 0.25) is 0 Å². The first-order chi connectivity index (χ1) is 12.2. The predicted molar refractivity (Wildman–Crippen MR) is 104 cm³/mol. The Morgan fingerprint density at radius 2 is 1.76 bits per heavy atom. The Hall–Kier alpha value is -1.85. The van der Waals surface area contributed by atoms with Gasteiger partial charge in [-0.25, -0.2) is 0 Å². The second-order valence-corrected chi connectivity index (χ2v) is 7.19. The van der Waals surface area contributed by atoms with Gasteiger partial charge in [0, 0.05) is 22.6 Å². The molecular formula is C20H23BrN2O2. The van der Waals surface area contributed by atoms with Crippen LogP contribution in [0, 0.1) is 5.92 Å². The highest BCUT2D eigenvalue weighted by Crippen LogP contribution is 2.20. The van der Waals surface area contributed by atoms with E-state index in [2.05, 4.69) is 26.1 Å². The van der Waals surface area contributed by atoms with Crippen LogP contribution >= 0.6 is 15.9 Å². The van der Waals surface area contributed by atoms with Crippen molar-refractivity contribution in [2.24, 2.45) is 5.92 Å².